The van der Waals surface area contributed by atoms with Gasteiger partial charge in [-0.3, -0.25) is 0 Å². The SMILES string of the molecule is CC(C)(CCCCCC(C)(C)C(=O)[O-])C(=O)[O-].[NH4+].[NH4+]. The fourth-order valence-electron chi connectivity index (χ4n) is 1.51. The number of hydrogen-bond acceptors (Lipinski definition) is 4. The zero-order valence-electron chi connectivity index (χ0n) is 13.2. The Kier molecular flexibility index (Phi) is 10.7. The number of quaternary nitrogens is 2. The maximum atomic E-state index is 10.7. The van der Waals surface area contributed by atoms with Gasteiger partial charge in [-0.1, -0.05) is 47.0 Å². The first kappa shape index (κ1) is 23.0. The molecule has 0 rings (SSSR count). The van der Waals surface area contributed by atoms with Crippen molar-refractivity contribution >= 4 is 11.9 Å². The van der Waals surface area contributed by atoms with Crippen LogP contribution in [0.15, 0.2) is 0 Å². The fourth-order valence-corrected chi connectivity index (χ4v) is 1.51. The Morgan fingerprint density at radius 1 is 0.737 bits per heavy atom. The van der Waals surface area contributed by atoms with Crippen LogP contribution in [0.2, 0.25) is 0 Å². The molecule has 6 nitrogen and oxygen atoms in total. The topological polar surface area (TPSA) is 153 Å². The number of carbonyl (C=O) groups excluding carboxylic acids is 2. The highest BCUT2D eigenvalue weighted by Crippen LogP contribution is 2.26. The number of hydrogen-bond donors (Lipinski definition) is 2. The number of rotatable bonds is 8. The van der Waals surface area contributed by atoms with E-state index in [0.29, 0.717) is 12.8 Å². The molecule has 0 aromatic heterocycles. The largest absolute Gasteiger partial charge is 0.550 e. The van der Waals surface area contributed by atoms with E-state index in [4.69, 9.17) is 0 Å². The lowest BCUT2D eigenvalue weighted by molar-refractivity contribution is -0.318. The molecular weight excluding hydrogens is 248 g/mol. The van der Waals surface area contributed by atoms with Gasteiger partial charge in [0.15, 0.2) is 0 Å². The minimum atomic E-state index is -1.03. The molecule has 0 saturated carbocycles. The van der Waals surface area contributed by atoms with Gasteiger partial charge in [0.25, 0.3) is 0 Å². The predicted molar refractivity (Wildman–Crippen MR) is 72.6 cm³/mol. The van der Waals surface area contributed by atoms with Gasteiger partial charge in [0.1, 0.15) is 0 Å². The summed E-state index contributed by atoms with van der Waals surface area (Å²) in [6.07, 6.45) is 3.48. The average Bonchev–Trinajstić information content (AvgIpc) is 2.16. The summed E-state index contributed by atoms with van der Waals surface area (Å²) in [7, 11) is 0. The zero-order chi connectivity index (χ0) is 13.7. The Bertz CT molecular complexity index is 260. The number of aliphatic carboxylic acids is 2. The van der Waals surface area contributed by atoms with E-state index in [9.17, 15) is 19.8 Å². The maximum absolute atomic E-state index is 10.7. The number of unbranched alkanes of at least 4 members (excludes halogenated alkanes) is 2. The van der Waals surface area contributed by atoms with Crippen molar-refractivity contribution in [3.63, 3.8) is 0 Å². The Hall–Kier alpha value is -1.14. The quantitative estimate of drug-likeness (QED) is 0.641. The van der Waals surface area contributed by atoms with Gasteiger partial charge >= 0.3 is 0 Å². The number of carboxylic acids is 2. The van der Waals surface area contributed by atoms with E-state index in [-0.39, 0.29) is 12.3 Å². The van der Waals surface area contributed by atoms with Crippen LogP contribution >= 0.6 is 0 Å². The molecule has 0 spiro atoms. The highest BCUT2D eigenvalue weighted by Gasteiger charge is 2.20. The minimum absolute atomic E-state index is 0. The van der Waals surface area contributed by atoms with E-state index in [1.807, 2.05) is 0 Å². The van der Waals surface area contributed by atoms with Crippen LogP contribution in [0.3, 0.4) is 0 Å². The summed E-state index contributed by atoms with van der Waals surface area (Å²) in [6, 6.07) is 0. The van der Waals surface area contributed by atoms with Crippen LogP contribution < -0.4 is 22.5 Å². The molecule has 6 heteroatoms. The van der Waals surface area contributed by atoms with Crippen molar-refractivity contribution in [2.24, 2.45) is 10.8 Å². The molecule has 0 heterocycles. The molecule has 8 N–H and O–H groups in total. The van der Waals surface area contributed by atoms with E-state index in [1.54, 1.807) is 27.7 Å². The molecule has 116 valence electrons. The molecule has 0 aliphatic rings. The summed E-state index contributed by atoms with van der Waals surface area (Å²) >= 11 is 0. The Labute approximate surface area is 115 Å². The molecule has 0 bridgehead atoms. The fraction of sp³-hybridized carbons (Fsp3) is 0.846. The van der Waals surface area contributed by atoms with E-state index in [0.717, 1.165) is 19.3 Å². The van der Waals surface area contributed by atoms with E-state index >= 15 is 0 Å². The highest BCUT2D eigenvalue weighted by molar-refractivity contribution is 5.71. The smallest absolute Gasteiger partial charge is 0.0470 e. The van der Waals surface area contributed by atoms with Crippen LogP contribution in [0.5, 0.6) is 0 Å². The first-order valence-electron chi connectivity index (χ1n) is 6.02. The van der Waals surface area contributed by atoms with Crippen molar-refractivity contribution in [3.8, 4) is 0 Å². The van der Waals surface area contributed by atoms with E-state index < -0.39 is 22.8 Å². The molecule has 0 aromatic rings. The number of carboxylic acid groups (broad SMARTS) is 2. The van der Waals surface area contributed by atoms with Gasteiger partial charge in [-0.05, 0) is 12.8 Å². The number of carbonyl (C=O) groups is 2. The van der Waals surface area contributed by atoms with Gasteiger partial charge in [0.05, 0.1) is 0 Å². The second kappa shape index (κ2) is 8.87. The molecule has 0 amide bonds. The van der Waals surface area contributed by atoms with Gasteiger partial charge in [0.2, 0.25) is 0 Å². The predicted octanol–water partition coefficient (Wildman–Crippen LogP) is 1.24. The van der Waals surface area contributed by atoms with Crippen LogP contribution in [0.4, 0.5) is 0 Å². The molecule has 0 atom stereocenters. The monoisotopic (exact) mass is 278 g/mol. The van der Waals surface area contributed by atoms with E-state index in [1.165, 1.54) is 0 Å². The van der Waals surface area contributed by atoms with Crippen LogP contribution in [0.1, 0.15) is 59.8 Å². The molecule has 0 fully saturated rings. The first-order valence-corrected chi connectivity index (χ1v) is 6.02. The summed E-state index contributed by atoms with van der Waals surface area (Å²) in [5.74, 6) is -2.07. The third-order valence-corrected chi connectivity index (χ3v) is 3.21. The highest BCUT2D eigenvalue weighted by atomic mass is 16.4. The van der Waals surface area contributed by atoms with Gasteiger partial charge < -0.3 is 32.1 Å². The van der Waals surface area contributed by atoms with Crippen LogP contribution in [-0.2, 0) is 9.59 Å². The first-order chi connectivity index (χ1) is 7.59. The summed E-state index contributed by atoms with van der Waals surface area (Å²) < 4.78 is 0. The molecule has 0 aliphatic carbocycles. The van der Waals surface area contributed by atoms with Crippen molar-refractivity contribution in [1.82, 2.24) is 12.3 Å². The molecule has 0 aromatic carbocycles. The second-order valence-electron chi connectivity index (χ2n) is 5.90. The Morgan fingerprint density at radius 2 is 1.00 bits per heavy atom. The average molecular weight is 278 g/mol. The Morgan fingerprint density at radius 3 is 1.21 bits per heavy atom. The zero-order valence-corrected chi connectivity index (χ0v) is 13.2. The minimum Gasteiger partial charge on any atom is -0.550 e. The van der Waals surface area contributed by atoms with Crippen molar-refractivity contribution < 1.29 is 19.8 Å². The maximum Gasteiger partial charge on any atom is 0.0470 e. The van der Waals surface area contributed by atoms with Gasteiger partial charge in [-0.2, -0.15) is 0 Å². The van der Waals surface area contributed by atoms with Gasteiger partial charge in [0, 0.05) is 22.8 Å². The molecule has 0 unspecified atom stereocenters. The van der Waals surface area contributed by atoms with Crippen molar-refractivity contribution in [2.75, 3.05) is 0 Å². The lowest BCUT2D eigenvalue weighted by Crippen LogP contribution is -2.38. The Balaban J connectivity index is -0.00000128. The van der Waals surface area contributed by atoms with Crippen LogP contribution in [0.25, 0.3) is 0 Å². The van der Waals surface area contributed by atoms with Gasteiger partial charge in [-0.25, -0.2) is 0 Å². The summed E-state index contributed by atoms with van der Waals surface area (Å²) in [6.45, 7) is 6.59. The van der Waals surface area contributed by atoms with Gasteiger partial charge in [-0.15, -0.1) is 0 Å². The molecule has 19 heavy (non-hydrogen) atoms. The summed E-state index contributed by atoms with van der Waals surface area (Å²) in [5.41, 5.74) is -1.60. The molecule has 0 radical (unpaired) electrons. The standard InChI is InChI=1S/C13H24O4.2H3N/c1-12(2,10(14)15)8-6-5-7-9-13(3,4)11(16)17;;/h5-9H2,1-4H3,(H,14,15)(H,16,17);2*1H3. The van der Waals surface area contributed by atoms with E-state index in [2.05, 4.69) is 0 Å². The van der Waals surface area contributed by atoms with Crippen LogP contribution in [-0.4, -0.2) is 11.9 Å². The normalized spacial score (nSPS) is 11.2. The molecular formula is C13H30N2O4. The van der Waals surface area contributed by atoms with Crippen molar-refractivity contribution in [2.45, 2.75) is 59.8 Å². The summed E-state index contributed by atoms with van der Waals surface area (Å²) in [5, 5.41) is 21.5. The second-order valence-corrected chi connectivity index (χ2v) is 5.90. The lowest BCUT2D eigenvalue weighted by atomic mass is 9.84. The third kappa shape index (κ3) is 8.56. The lowest BCUT2D eigenvalue weighted by Gasteiger charge is -2.27. The molecule has 0 aliphatic heterocycles. The summed E-state index contributed by atoms with van der Waals surface area (Å²) in [4.78, 5) is 21.5. The third-order valence-electron chi connectivity index (χ3n) is 3.21. The van der Waals surface area contributed by atoms with Crippen molar-refractivity contribution in [1.29, 1.82) is 0 Å². The van der Waals surface area contributed by atoms with Crippen molar-refractivity contribution in [3.05, 3.63) is 0 Å². The molecule has 0 saturated heterocycles. The van der Waals surface area contributed by atoms with Crippen LogP contribution in [0, 0.1) is 10.8 Å².